The lowest BCUT2D eigenvalue weighted by Gasteiger charge is -2.34. The maximum atomic E-state index is 6.15. The molecule has 5 heterocycles. The zero-order valence-electron chi connectivity index (χ0n) is 18.9. The van der Waals surface area contributed by atoms with Crippen LogP contribution < -0.4 is 10.2 Å². The third-order valence-corrected chi connectivity index (χ3v) is 8.09. The van der Waals surface area contributed by atoms with Gasteiger partial charge in [-0.3, -0.25) is 0 Å². The molecular formula is C24H31N5O2S. The lowest BCUT2D eigenvalue weighted by atomic mass is 9.92. The molecule has 1 aliphatic carbocycles. The van der Waals surface area contributed by atoms with Crippen molar-refractivity contribution in [1.82, 2.24) is 15.0 Å². The molecule has 0 amide bonds. The number of hydrogen-bond acceptors (Lipinski definition) is 8. The largest absolute Gasteiger partial charge is 0.378 e. The molecule has 2 fully saturated rings. The summed E-state index contributed by atoms with van der Waals surface area (Å²) < 4.78 is 14.1. The molecule has 0 unspecified atom stereocenters. The van der Waals surface area contributed by atoms with Gasteiger partial charge in [0.05, 0.1) is 52.2 Å². The van der Waals surface area contributed by atoms with Crippen molar-refractivity contribution >= 4 is 43.4 Å². The zero-order valence-corrected chi connectivity index (χ0v) is 19.8. The van der Waals surface area contributed by atoms with Gasteiger partial charge in [0.25, 0.3) is 0 Å². The summed E-state index contributed by atoms with van der Waals surface area (Å²) >= 11 is 1.77. The van der Waals surface area contributed by atoms with Crippen molar-refractivity contribution in [2.24, 2.45) is 0 Å². The van der Waals surface area contributed by atoms with E-state index in [1.54, 1.807) is 11.3 Å². The first-order valence-corrected chi connectivity index (χ1v) is 12.7. The van der Waals surface area contributed by atoms with Crippen LogP contribution in [0.15, 0.2) is 6.20 Å². The summed E-state index contributed by atoms with van der Waals surface area (Å²) in [6.07, 6.45) is 9.18. The number of fused-ring (bicyclic) bond motifs is 5. The van der Waals surface area contributed by atoms with Gasteiger partial charge in [0.1, 0.15) is 5.82 Å². The fraction of sp³-hybridized carbons (Fsp3) is 0.625. The summed E-state index contributed by atoms with van der Waals surface area (Å²) in [5.41, 5.74) is 3.21. The number of aromatic nitrogens is 3. The molecule has 0 spiro atoms. The summed E-state index contributed by atoms with van der Waals surface area (Å²) in [5.74, 6) is 1.81. The lowest BCUT2D eigenvalue weighted by Crippen LogP contribution is -2.38. The standard InChI is InChI=1S/C24H31N5O2S/c1-24(2)12-16-17(14-31-24)27-22(29-8-10-30-11-9-29)21-19(16)20-18(32-21)13-25-23(28-20)26-15-6-4-3-5-7-15/h13,15H,3-12,14H2,1-2H3,(H,25,26,28). The predicted molar refractivity (Wildman–Crippen MR) is 129 cm³/mol. The second kappa shape index (κ2) is 8.08. The molecule has 8 heteroatoms. The maximum absolute atomic E-state index is 6.15. The van der Waals surface area contributed by atoms with E-state index < -0.39 is 0 Å². The zero-order chi connectivity index (χ0) is 21.7. The van der Waals surface area contributed by atoms with Crippen LogP contribution in [0.4, 0.5) is 11.8 Å². The van der Waals surface area contributed by atoms with Crippen LogP contribution in [-0.2, 0) is 22.5 Å². The van der Waals surface area contributed by atoms with Gasteiger partial charge < -0.3 is 19.7 Å². The van der Waals surface area contributed by atoms with Gasteiger partial charge in [0.15, 0.2) is 0 Å². The van der Waals surface area contributed by atoms with E-state index in [4.69, 9.17) is 19.4 Å². The first-order valence-electron chi connectivity index (χ1n) is 11.9. The van der Waals surface area contributed by atoms with Gasteiger partial charge in [-0.25, -0.2) is 15.0 Å². The molecule has 1 N–H and O–H groups in total. The van der Waals surface area contributed by atoms with Crippen molar-refractivity contribution in [3.8, 4) is 0 Å². The van der Waals surface area contributed by atoms with Crippen LogP contribution in [0.3, 0.4) is 0 Å². The minimum Gasteiger partial charge on any atom is -0.378 e. The number of pyridine rings is 1. The Morgan fingerprint density at radius 2 is 1.94 bits per heavy atom. The van der Waals surface area contributed by atoms with Gasteiger partial charge in [-0.1, -0.05) is 19.3 Å². The van der Waals surface area contributed by atoms with Crippen molar-refractivity contribution < 1.29 is 9.47 Å². The number of nitrogens with zero attached hydrogens (tertiary/aromatic N) is 4. The van der Waals surface area contributed by atoms with Crippen molar-refractivity contribution in [1.29, 1.82) is 0 Å². The van der Waals surface area contributed by atoms with E-state index in [0.717, 1.165) is 60.4 Å². The Balaban J connectivity index is 1.51. The quantitative estimate of drug-likeness (QED) is 0.618. The summed E-state index contributed by atoms with van der Waals surface area (Å²) in [4.78, 5) is 17.3. The molecule has 32 heavy (non-hydrogen) atoms. The van der Waals surface area contributed by atoms with Crippen LogP contribution in [0.1, 0.15) is 57.2 Å². The highest BCUT2D eigenvalue weighted by Gasteiger charge is 2.32. The molecule has 3 aromatic heterocycles. The van der Waals surface area contributed by atoms with Crippen LogP contribution in [0.5, 0.6) is 0 Å². The van der Waals surface area contributed by atoms with Gasteiger partial charge in [-0.05, 0) is 32.3 Å². The number of ether oxygens (including phenoxy) is 2. The van der Waals surface area contributed by atoms with Crippen LogP contribution >= 0.6 is 11.3 Å². The molecule has 0 radical (unpaired) electrons. The Morgan fingerprint density at radius 1 is 1.12 bits per heavy atom. The molecule has 0 atom stereocenters. The molecular weight excluding hydrogens is 422 g/mol. The topological polar surface area (TPSA) is 72.4 Å². The van der Waals surface area contributed by atoms with Crippen molar-refractivity contribution in [2.75, 3.05) is 36.5 Å². The van der Waals surface area contributed by atoms with Gasteiger partial charge in [0.2, 0.25) is 5.95 Å². The van der Waals surface area contributed by atoms with Gasteiger partial charge in [-0.15, -0.1) is 11.3 Å². The van der Waals surface area contributed by atoms with Gasteiger partial charge in [-0.2, -0.15) is 0 Å². The summed E-state index contributed by atoms with van der Waals surface area (Å²) in [6, 6.07) is 0.484. The number of morpholine rings is 1. The van der Waals surface area contributed by atoms with Crippen molar-refractivity contribution in [3.05, 3.63) is 17.5 Å². The number of anilines is 2. The lowest BCUT2D eigenvalue weighted by molar-refractivity contribution is -0.0415. The van der Waals surface area contributed by atoms with E-state index in [2.05, 4.69) is 29.0 Å². The monoisotopic (exact) mass is 453 g/mol. The molecule has 1 saturated carbocycles. The Morgan fingerprint density at radius 3 is 2.75 bits per heavy atom. The van der Waals surface area contributed by atoms with Crippen molar-refractivity contribution in [3.63, 3.8) is 0 Å². The maximum Gasteiger partial charge on any atom is 0.223 e. The van der Waals surface area contributed by atoms with E-state index in [1.165, 1.54) is 47.8 Å². The normalized spacial score (nSPS) is 21.8. The number of nitrogens with one attached hydrogen (secondary N) is 1. The molecule has 2 aliphatic heterocycles. The number of hydrogen-bond donors (Lipinski definition) is 1. The molecule has 6 rings (SSSR count). The van der Waals surface area contributed by atoms with E-state index in [9.17, 15) is 0 Å². The third-order valence-electron chi connectivity index (χ3n) is 6.98. The summed E-state index contributed by atoms with van der Waals surface area (Å²) in [7, 11) is 0. The molecule has 3 aliphatic rings. The van der Waals surface area contributed by atoms with Gasteiger partial charge >= 0.3 is 0 Å². The fourth-order valence-electron chi connectivity index (χ4n) is 5.26. The highest BCUT2D eigenvalue weighted by atomic mass is 32.1. The fourth-order valence-corrected chi connectivity index (χ4v) is 6.42. The molecule has 0 bridgehead atoms. The second-order valence-corrected chi connectivity index (χ2v) is 10.9. The summed E-state index contributed by atoms with van der Waals surface area (Å²) in [6.45, 7) is 8.08. The Hall–Kier alpha value is -2.03. The van der Waals surface area contributed by atoms with E-state index >= 15 is 0 Å². The Kier molecular flexibility index (Phi) is 5.19. The minimum atomic E-state index is -0.202. The minimum absolute atomic E-state index is 0.202. The highest BCUT2D eigenvalue weighted by Crippen LogP contribution is 2.44. The Labute approximate surface area is 192 Å². The Bertz CT molecular complexity index is 1150. The van der Waals surface area contributed by atoms with E-state index in [1.807, 2.05) is 6.20 Å². The smallest absolute Gasteiger partial charge is 0.223 e. The van der Waals surface area contributed by atoms with Crippen LogP contribution in [0.25, 0.3) is 20.3 Å². The second-order valence-electron chi connectivity index (χ2n) is 9.88. The van der Waals surface area contributed by atoms with E-state index in [0.29, 0.717) is 12.6 Å². The van der Waals surface area contributed by atoms with Gasteiger partial charge in [0, 0.05) is 30.9 Å². The molecule has 170 valence electrons. The van der Waals surface area contributed by atoms with Crippen LogP contribution in [-0.4, -0.2) is 52.9 Å². The third kappa shape index (κ3) is 3.72. The molecule has 0 aromatic carbocycles. The number of rotatable bonds is 3. The van der Waals surface area contributed by atoms with Crippen LogP contribution in [0.2, 0.25) is 0 Å². The average molecular weight is 454 g/mol. The van der Waals surface area contributed by atoms with Crippen molar-refractivity contribution in [2.45, 2.75) is 70.6 Å². The summed E-state index contributed by atoms with van der Waals surface area (Å²) in [5, 5.41) is 4.87. The molecule has 3 aromatic rings. The first kappa shape index (κ1) is 20.6. The predicted octanol–water partition coefficient (Wildman–Crippen LogP) is 4.67. The highest BCUT2D eigenvalue weighted by molar-refractivity contribution is 7.26. The first-order chi connectivity index (χ1) is 15.6. The molecule has 7 nitrogen and oxygen atoms in total. The average Bonchev–Trinajstić information content (AvgIpc) is 3.19. The van der Waals surface area contributed by atoms with Crippen LogP contribution in [0, 0.1) is 0 Å². The number of thiophene rings is 1. The van der Waals surface area contributed by atoms with E-state index in [-0.39, 0.29) is 5.60 Å². The molecule has 1 saturated heterocycles. The SMILES string of the molecule is CC1(C)Cc2c(nc(N3CCOCC3)c3sc4cnc(NC5CCCCC5)nc4c23)CO1.